The first-order valence-corrected chi connectivity index (χ1v) is 11.7. The van der Waals surface area contributed by atoms with Gasteiger partial charge in [0, 0.05) is 17.5 Å². The highest BCUT2D eigenvalue weighted by Crippen LogP contribution is 2.18. The normalized spacial score (nSPS) is 15.0. The average molecular weight is 401 g/mol. The van der Waals surface area contributed by atoms with E-state index in [0.717, 1.165) is 12.1 Å². The van der Waals surface area contributed by atoms with E-state index in [2.05, 4.69) is 29.4 Å². The summed E-state index contributed by atoms with van der Waals surface area (Å²) in [6, 6.07) is 4.20. The molecule has 4 heteroatoms. The van der Waals surface area contributed by atoms with Crippen molar-refractivity contribution in [1.82, 2.24) is 10.3 Å². The predicted octanol–water partition coefficient (Wildman–Crippen LogP) is 6.65. The van der Waals surface area contributed by atoms with Gasteiger partial charge in [-0.15, -0.1) is 0 Å². The minimum Gasteiger partial charge on any atom is -0.494 e. The number of aryl methyl sites for hydroxylation is 1. The Bertz CT molecular complexity index is 658. The number of H-pyrrole nitrogens is 1. The van der Waals surface area contributed by atoms with Gasteiger partial charge < -0.3 is 15.0 Å². The van der Waals surface area contributed by atoms with Crippen LogP contribution >= 0.6 is 0 Å². The van der Waals surface area contributed by atoms with Gasteiger partial charge in [-0.1, -0.05) is 84.0 Å². The zero-order valence-corrected chi connectivity index (χ0v) is 18.5. The quantitative estimate of drug-likeness (QED) is 0.305. The largest absolute Gasteiger partial charge is 0.494 e. The van der Waals surface area contributed by atoms with Gasteiger partial charge in [-0.3, -0.25) is 4.79 Å². The average Bonchev–Trinajstić information content (AvgIpc) is 3.31. The lowest BCUT2D eigenvalue weighted by atomic mass is 10.0. The third-order valence-electron chi connectivity index (χ3n) is 5.62. The summed E-state index contributed by atoms with van der Waals surface area (Å²) < 4.78 is 5.22. The number of nitrogens with one attached hydrogen (secondary N) is 2. The van der Waals surface area contributed by atoms with Crippen LogP contribution in [0.25, 0.3) is 6.08 Å². The van der Waals surface area contributed by atoms with E-state index in [1.165, 1.54) is 95.2 Å². The minimum atomic E-state index is -0.133. The van der Waals surface area contributed by atoms with Crippen molar-refractivity contribution < 1.29 is 9.53 Å². The van der Waals surface area contributed by atoms with Crippen molar-refractivity contribution in [1.29, 1.82) is 0 Å². The third kappa shape index (κ3) is 9.38. The number of unbranched alkanes of at least 4 members (excludes halogenated alkanes) is 12. The molecular weight excluding hydrogens is 360 g/mol. The fourth-order valence-corrected chi connectivity index (χ4v) is 3.88. The summed E-state index contributed by atoms with van der Waals surface area (Å²) in [6.45, 7) is 2.28. The third-order valence-corrected chi connectivity index (χ3v) is 5.62. The molecule has 0 saturated heterocycles. The Labute approximate surface area is 177 Å². The predicted molar refractivity (Wildman–Crippen MR) is 121 cm³/mol. The van der Waals surface area contributed by atoms with Crippen molar-refractivity contribution >= 4 is 12.0 Å². The summed E-state index contributed by atoms with van der Waals surface area (Å²) >= 11 is 0. The van der Waals surface area contributed by atoms with E-state index in [0.29, 0.717) is 11.5 Å². The molecule has 0 aromatic carbocycles. The number of methoxy groups -OCH3 is 1. The van der Waals surface area contributed by atoms with Crippen LogP contribution in [0.5, 0.6) is 0 Å². The first-order chi connectivity index (χ1) is 14.2. The molecule has 2 rings (SSSR count). The number of hydrogen-bond acceptors (Lipinski definition) is 2. The van der Waals surface area contributed by atoms with Crippen molar-refractivity contribution in [3.8, 4) is 0 Å². The summed E-state index contributed by atoms with van der Waals surface area (Å²) in [5.41, 5.74) is 2.97. The maximum absolute atomic E-state index is 11.4. The Kier molecular flexibility index (Phi) is 11.3. The highest BCUT2D eigenvalue weighted by molar-refractivity contribution is 5.95. The van der Waals surface area contributed by atoms with Gasteiger partial charge in [-0.2, -0.15) is 0 Å². The second-order valence-electron chi connectivity index (χ2n) is 8.19. The Morgan fingerprint density at radius 3 is 2.03 bits per heavy atom. The second-order valence-corrected chi connectivity index (χ2v) is 8.19. The molecule has 1 aliphatic rings. The number of ether oxygens (including phenoxy) is 1. The zero-order chi connectivity index (χ0) is 20.7. The van der Waals surface area contributed by atoms with E-state index < -0.39 is 0 Å². The van der Waals surface area contributed by atoms with Crippen LogP contribution in [0.3, 0.4) is 0 Å². The number of rotatable bonds is 16. The van der Waals surface area contributed by atoms with E-state index in [1.807, 2.05) is 6.08 Å². The van der Waals surface area contributed by atoms with Crippen molar-refractivity contribution in [3.05, 3.63) is 41.1 Å². The van der Waals surface area contributed by atoms with Gasteiger partial charge >= 0.3 is 0 Å². The van der Waals surface area contributed by atoms with Crippen molar-refractivity contribution in [2.75, 3.05) is 7.11 Å². The Morgan fingerprint density at radius 1 is 0.862 bits per heavy atom. The fourth-order valence-electron chi connectivity index (χ4n) is 3.88. The molecule has 0 fully saturated rings. The summed E-state index contributed by atoms with van der Waals surface area (Å²) in [4.78, 5) is 14.9. The highest BCUT2D eigenvalue weighted by atomic mass is 16.5. The molecule has 1 aromatic heterocycles. The Balaban J connectivity index is 1.50. The first-order valence-electron chi connectivity index (χ1n) is 11.7. The molecule has 2 heterocycles. The summed E-state index contributed by atoms with van der Waals surface area (Å²) in [5.74, 6) is 0.453. The number of hydrogen-bond donors (Lipinski definition) is 2. The molecule has 0 atom stereocenters. The smallest absolute Gasteiger partial charge is 0.252 e. The number of amides is 1. The van der Waals surface area contributed by atoms with E-state index in [1.54, 1.807) is 7.11 Å². The topological polar surface area (TPSA) is 54.1 Å². The maximum Gasteiger partial charge on any atom is 0.252 e. The van der Waals surface area contributed by atoms with Gasteiger partial charge in [-0.05, 0) is 31.1 Å². The van der Waals surface area contributed by atoms with E-state index >= 15 is 0 Å². The molecule has 0 saturated carbocycles. The fraction of sp³-hybridized carbons (Fsp3) is 0.640. The molecule has 2 N–H and O–H groups in total. The lowest BCUT2D eigenvalue weighted by Gasteiger charge is -2.03. The number of carbonyl (C=O) groups is 1. The van der Waals surface area contributed by atoms with Gasteiger partial charge in [0.15, 0.2) is 0 Å². The van der Waals surface area contributed by atoms with Crippen LogP contribution in [-0.2, 0) is 16.0 Å². The van der Waals surface area contributed by atoms with Crippen LogP contribution in [0.1, 0.15) is 102 Å². The summed E-state index contributed by atoms with van der Waals surface area (Å²) in [7, 11) is 1.58. The van der Waals surface area contributed by atoms with E-state index in [4.69, 9.17) is 4.74 Å². The molecule has 0 spiro atoms. The number of carbonyl (C=O) groups excluding carboxylic acids is 1. The van der Waals surface area contributed by atoms with Gasteiger partial charge in [0.1, 0.15) is 5.76 Å². The van der Waals surface area contributed by atoms with Gasteiger partial charge in [0.25, 0.3) is 5.91 Å². The Morgan fingerprint density at radius 2 is 1.45 bits per heavy atom. The van der Waals surface area contributed by atoms with Gasteiger partial charge in [-0.25, -0.2) is 0 Å². The SMILES string of the molecule is CCCCCCCCCCCCCCCc1ccc(/C=C2\NC(=O)C=C2OC)[nH]1. The van der Waals surface area contributed by atoms with Crippen molar-refractivity contribution in [2.45, 2.75) is 96.8 Å². The van der Waals surface area contributed by atoms with E-state index in [-0.39, 0.29) is 5.91 Å². The van der Waals surface area contributed by atoms with Crippen molar-refractivity contribution in [3.63, 3.8) is 0 Å². The van der Waals surface area contributed by atoms with Crippen LogP contribution in [0.4, 0.5) is 0 Å². The Hall–Kier alpha value is -1.97. The molecule has 0 radical (unpaired) electrons. The molecule has 1 aliphatic heterocycles. The number of aromatic nitrogens is 1. The molecule has 0 aliphatic carbocycles. The lowest BCUT2D eigenvalue weighted by Crippen LogP contribution is -2.13. The monoisotopic (exact) mass is 400 g/mol. The van der Waals surface area contributed by atoms with Crippen LogP contribution < -0.4 is 5.32 Å². The van der Waals surface area contributed by atoms with Gasteiger partial charge in [0.05, 0.1) is 12.8 Å². The molecule has 4 nitrogen and oxygen atoms in total. The molecule has 162 valence electrons. The number of aromatic amines is 1. The maximum atomic E-state index is 11.4. The molecule has 0 unspecified atom stereocenters. The second kappa shape index (κ2) is 14.1. The molecular formula is C25H40N2O2. The van der Waals surface area contributed by atoms with Crippen molar-refractivity contribution in [2.24, 2.45) is 0 Å². The molecule has 1 aromatic rings. The summed E-state index contributed by atoms with van der Waals surface area (Å²) in [5, 5.41) is 2.79. The van der Waals surface area contributed by atoms with Crippen LogP contribution in [0, 0.1) is 0 Å². The standard InChI is InChI=1S/C25H40N2O2/c1-3-4-5-6-7-8-9-10-11-12-13-14-15-16-21-17-18-22(26-21)19-23-24(29-2)20-25(28)27-23/h17-20,26H,3-16H2,1-2H3,(H,27,28)/b23-19-. The first kappa shape index (κ1) is 23.3. The minimum absolute atomic E-state index is 0.133. The van der Waals surface area contributed by atoms with Crippen LogP contribution in [-0.4, -0.2) is 18.0 Å². The molecule has 1 amide bonds. The zero-order valence-electron chi connectivity index (χ0n) is 18.5. The van der Waals surface area contributed by atoms with Gasteiger partial charge in [0.2, 0.25) is 0 Å². The molecule has 29 heavy (non-hydrogen) atoms. The highest BCUT2D eigenvalue weighted by Gasteiger charge is 2.17. The van der Waals surface area contributed by atoms with Crippen LogP contribution in [0.2, 0.25) is 0 Å². The van der Waals surface area contributed by atoms with E-state index in [9.17, 15) is 4.79 Å². The lowest BCUT2D eigenvalue weighted by molar-refractivity contribution is -0.115. The molecule has 0 bridgehead atoms. The summed E-state index contributed by atoms with van der Waals surface area (Å²) in [6.07, 6.45) is 22.5. The van der Waals surface area contributed by atoms with Crippen LogP contribution in [0.15, 0.2) is 29.7 Å².